The van der Waals surface area contributed by atoms with Crippen molar-refractivity contribution in [3.8, 4) is 5.75 Å². The fraction of sp³-hybridized carbons (Fsp3) is 0.350. The highest BCUT2D eigenvalue weighted by atomic mass is 35.5. The van der Waals surface area contributed by atoms with E-state index in [-0.39, 0.29) is 16.7 Å². The molecular formula is C20H23ClN2O4S. The zero-order valence-electron chi connectivity index (χ0n) is 15.8. The molecule has 1 amide bonds. The molecule has 1 aliphatic carbocycles. The minimum absolute atomic E-state index is 0.195. The Kier molecular flexibility index (Phi) is 6.15. The number of benzene rings is 2. The number of carbonyl (C=O) groups is 1. The molecule has 1 fully saturated rings. The summed E-state index contributed by atoms with van der Waals surface area (Å²) in [5, 5.41) is 3.02. The van der Waals surface area contributed by atoms with Crippen LogP contribution < -0.4 is 14.4 Å². The molecule has 0 saturated heterocycles. The van der Waals surface area contributed by atoms with Crippen molar-refractivity contribution in [2.45, 2.75) is 31.8 Å². The lowest BCUT2D eigenvalue weighted by molar-refractivity contribution is 0.102. The maximum Gasteiger partial charge on any atom is 0.257 e. The van der Waals surface area contributed by atoms with Crippen LogP contribution in [0.5, 0.6) is 5.75 Å². The van der Waals surface area contributed by atoms with Crippen molar-refractivity contribution in [2.75, 3.05) is 22.9 Å². The number of hydrogen-bond donors (Lipinski definition) is 1. The van der Waals surface area contributed by atoms with Crippen molar-refractivity contribution in [1.29, 1.82) is 0 Å². The van der Waals surface area contributed by atoms with Gasteiger partial charge >= 0.3 is 0 Å². The molecular weight excluding hydrogens is 400 g/mol. The second-order valence-electron chi connectivity index (χ2n) is 6.90. The van der Waals surface area contributed by atoms with Gasteiger partial charge in [0.05, 0.1) is 28.6 Å². The molecule has 150 valence electrons. The number of ether oxygens (including phenoxy) is 1. The van der Waals surface area contributed by atoms with Gasteiger partial charge in [-0.15, -0.1) is 0 Å². The van der Waals surface area contributed by atoms with Gasteiger partial charge in [-0.1, -0.05) is 11.6 Å². The molecule has 1 saturated carbocycles. The van der Waals surface area contributed by atoms with E-state index < -0.39 is 15.9 Å². The average Bonchev–Trinajstić information content (AvgIpc) is 3.15. The maximum atomic E-state index is 12.6. The number of anilines is 2. The first-order valence-corrected chi connectivity index (χ1v) is 11.3. The highest BCUT2D eigenvalue weighted by Crippen LogP contribution is 2.27. The minimum atomic E-state index is -3.44. The lowest BCUT2D eigenvalue weighted by Crippen LogP contribution is -2.25. The number of sulfonamides is 1. The Morgan fingerprint density at radius 2 is 1.79 bits per heavy atom. The summed E-state index contributed by atoms with van der Waals surface area (Å²) in [5.41, 5.74) is 1.15. The van der Waals surface area contributed by atoms with Crippen LogP contribution in [-0.4, -0.2) is 33.7 Å². The van der Waals surface area contributed by atoms with Crippen molar-refractivity contribution in [3.05, 3.63) is 53.1 Å². The van der Waals surface area contributed by atoms with E-state index in [0.717, 1.165) is 29.2 Å². The van der Waals surface area contributed by atoms with Crippen LogP contribution in [-0.2, 0) is 10.0 Å². The second-order valence-corrected chi connectivity index (χ2v) is 9.32. The molecule has 0 bridgehead atoms. The number of amides is 1. The van der Waals surface area contributed by atoms with Crippen LogP contribution in [0.25, 0.3) is 0 Å². The second kappa shape index (κ2) is 8.41. The van der Waals surface area contributed by atoms with Gasteiger partial charge in [-0.25, -0.2) is 8.42 Å². The maximum absolute atomic E-state index is 12.6. The number of nitrogens with one attached hydrogen (secondary N) is 1. The van der Waals surface area contributed by atoms with E-state index in [1.807, 2.05) is 12.1 Å². The number of rotatable bonds is 6. The van der Waals surface area contributed by atoms with Crippen LogP contribution in [0.2, 0.25) is 5.02 Å². The smallest absolute Gasteiger partial charge is 0.257 e. The van der Waals surface area contributed by atoms with Gasteiger partial charge < -0.3 is 10.1 Å². The Morgan fingerprint density at radius 3 is 2.39 bits per heavy atom. The van der Waals surface area contributed by atoms with Gasteiger partial charge in [0.15, 0.2) is 0 Å². The molecule has 0 heterocycles. The first kappa shape index (κ1) is 20.5. The van der Waals surface area contributed by atoms with E-state index in [4.69, 9.17) is 16.3 Å². The zero-order chi connectivity index (χ0) is 20.3. The van der Waals surface area contributed by atoms with E-state index in [1.54, 1.807) is 18.2 Å². The minimum Gasteiger partial charge on any atom is -0.490 e. The van der Waals surface area contributed by atoms with Crippen LogP contribution in [0.1, 0.15) is 36.0 Å². The number of carbonyl (C=O) groups excluding carboxylic acids is 1. The molecule has 8 heteroatoms. The summed E-state index contributed by atoms with van der Waals surface area (Å²) in [6.07, 6.45) is 5.93. The molecule has 1 aliphatic rings. The summed E-state index contributed by atoms with van der Waals surface area (Å²) in [6.45, 7) is 0. The summed E-state index contributed by atoms with van der Waals surface area (Å²) in [5.74, 6) is 0.359. The van der Waals surface area contributed by atoms with E-state index >= 15 is 0 Å². The summed E-state index contributed by atoms with van der Waals surface area (Å²) < 4.78 is 30.5. The van der Waals surface area contributed by atoms with Crippen molar-refractivity contribution in [1.82, 2.24) is 0 Å². The van der Waals surface area contributed by atoms with Gasteiger partial charge in [0.2, 0.25) is 10.0 Å². The molecule has 0 aliphatic heterocycles. The molecule has 0 unspecified atom stereocenters. The van der Waals surface area contributed by atoms with Crippen LogP contribution in [0.4, 0.5) is 11.4 Å². The van der Waals surface area contributed by atoms with Crippen molar-refractivity contribution >= 4 is 38.9 Å². The van der Waals surface area contributed by atoms with E-state index in [1.165, 1.54) is 32.0 Å². The Hall–Kier alpha value is -2.25. The Bertz CT molecular complexity index is 955. The molecule has 6 nitrogen and oxygen atoms in total. The zero-order valence-corrected chi connectivity index (χ0v) is 17.4. The molecule has 3 rings (SSSR count). The Morgan fingerprint density at radius 1 is 1.14 bits per heavy atom. The van der Waals surface area contributed by atoms with Crippen molar-refractivity contribution in [3.63, 3.8) is 0 Å². The predicted molar refractivity (Wildman–Crippen MR) is 112 cm³/mol. The van der Waals surface area contributed by atoms with Crippen LogP contribution in [0, 0.1) is 0 Å². The molecule has 0 atom stereocenters. The summed E-state index contributed by atoms with van der Waals surface area (Å²) in [6, 6.07) is 11.7. The molecule has 0 aromatic heterocycles. The fourth-order valence-electron chi connectivity index (χ4n) is 3.09. The molecule has 2 aromatic carbocycles. The largest absolute Gasteiger partial charge is 0.490 e. The van der Waals surface area contributed by atoms with Gasteiger partial charge in [-0.2, -0.15) is 0 Å². The lowest BCUT2D eigenvalue weighted by Gasteiger charge is -2.18. The van der Waals surface area contributed by atoms with E-state index in [9.17, 15) is 13.2 Å². The third kappa shape index (κ3) is 4.97. The van der Waals surface area contributed by atoms with Gasteiger partial charge in [0, 0.05) is 12.7 Å². The molecule has 28 heavy (non-hydrogen) atoms. The Balaban J connectivity index is 1.72. The summed E-state index contributed by atoms with van der Waals surface area (Å²) >= 11 is 6.15. The van der Waals surface area contributed by atoms with Crippen LogP contribution in [0.3, 0.4) is 0 Å². The molecule has 1 N–H and O–H groups in total. The lowest BCUT2D eigenvalue weighted by atomic mass is 10.1. The summed E-state index contributed by atoms with van der Waals surface area (Å²) in [4.78, 5) is 12.6. The standard InChI is InChI=1S/C20H23ClN2O4S/c1-23(28(2,25)26)15-9-12-19(21)18(13-15)20(24)22-14-7-10-17(11-8-14)27-16-5-3-4-6-16/h7-13,16H,3-6H2,1-2H3,(H,22,24). The molecule has 2 aromatic rings. The van der Waals surface area contributed by atoms with Crippen molar-refractivity contribution in [2.24, 2.45) is 0 Å². The van der Waals surface area contributed by atoms with E-state index in [2.05, 4.69) is 5.32 Å². The topological polar surface area (TPSA) is 75.7 Å². The number of nitrogens with zero attached hydrogens (tertiary/aromatic N) is 1. The first-order valence-electron chi connectivity index (χ1n) is 9.05. The summed E-state index contributed by atoms with van der Waals surface area (Å²) in [7, 11) is -2.02. The van der Waals surface area contributed by atoms with Gasteiger partial charge in [-0.3, -0.25) is 9.10 Å². The van der Waals surface area contributed by atoms with Crippen LogP contribution in [0.15, 0.2) is 42.5 Å². The Labute approximate surface area is 170 Å². The third-order valence-corrected chi connectivity index (χ3v) is 6.31. The quantitative estimate of drug-likeness (QED) is 0.752. The van der Waals surface area contributed by atoms with Crippen LogP contribution >= 0.6 is 11.6 Å². The van der Waals surface area contributed by atoms with E-state index in [0.29, 0.717) is 11.4 Å². The monoisotopic (exact) mass is 422 g/mol. The highest BCUT2D eigenvalue weighted by Gasteiger charge is 2.18. The fourth-order valence-corrected chi connectivity index (χ4v) is 3.79. The third-order valence-electron chi connectivity index (χ3n) is 4.77. The average molecular weight is 423 g/mol. The van der Waals surface area contributed by atoms with Gasteiger partial charge in [0.1, 0.15) is 5.75 Å². The van der Waals surface area contributed by atoms with Gasteiger partial charge in [0.25, 0.3) is 5.91 Å². The highest BCUT2D eigenvalue weighted by molar-refractivity contribution is 7.92. The SMILES string of the molecule is CN(c1ccc(Cl)c(C(=O)Nc2ccc(OC3CCCC3)cc2)c1)S(C)(=O)=O. The number of hydrogen-bond acceptors (Lipinski definition) is 4. The predicted octanol–water partition coefficient (Wildman–Crippen LogP) is 4.31. The normalized spacial score (nSPS) is 14.7. The van der Waals surface area contributed by atoms with Gasteiger partial charge in [-0.05, 0) is 68.1 Å². The first-order chi connectivity index (χ1) is 13.2. The molecule has 0 radical (unpaired) electrons. The number of halogens is 1. The van der Waals surface area contributed by atoms with Crippen molar-refractivity contribution < 1.29 is 17.9 Å². The molecule has 0 spiro atoms.